The van der Waals surface area contributed by atoms with Crippen molar-refractivity contribution in [1.29, 1.82) is 10.5 Å². The summed E-state index contributed by atoms with van der Waals surface area (Å²) in [5.74, 6) is 0. The second-order valence-corrected chi connectivity index (χ2v) is 6.62. The van der Waals surface area contributed by atoms with Crippen molar-refractivity contribution in [2.24, 2.45) is 0 Å². The number of nitriles is 2. The molecule has 0 radical (unpaired) electrons. The molecular weight excluding hydrogens is 286 g/mol. The minimum atomic E-state index is -3.63. The van der Waals surface area contributed by atoms with Crippen molar-refractivity contribution in [3.05, 3.63) is 53.1 Å². The fraction of sp³-hybridized carbons (Fsp3) is 0.200. The molecule has 1 heterocycles. The second-order valence-electron chi connectivity index (χ2n) is 4.68. The highest BCUT2D eigenvalue weighted by Gasteiger charge is 2.32. The first-order chi connectivity index (χ1) is 9.98. The summed E-state index contributed by atoms with van der Waals surface area (Å²) in [5, 5.41) is 17.5. The van der Waals surface area contributed by atoms with Crippen LogP contribution >= 0.6 is 0 Å². The van der Waals surface area contributed by atoms with Gasteiger partial charge in [0.15, 0.2) is 0 Å². The summed E-state index contributed by atoms with van der Waals surface area (Å²) in [5.41, 5.74) is 2.11. The molecule has 1 aliphatic heterocycles. The second kappa shape index (κ2) is 5.92. The molecule has 106 valence electrons. The molecule has 0 aromatic heterocycles. The van der Waals surface area contributed by atoms with Gasteiger partial charge >= 0.3 is 0 Å². The van der Waals surface area contributed by atoms with E-state index in [4.69, 9.17) is 10.5 Å². The van der Waals surface area contributed by atoms with Gasteiger partial charge in [0.2, 0.25) is 10.0 Å². The molecule has 1 aliphatic rings. The highest BCUT2D eigenvalue weighted by Crippen LogP contribution is 2.27. The number of hydrogen-bond donors (Lipinski definition) is 0. The average molecular weight is 299 g/mol. The first-order valence-electron chi connectivity index (χ1n) is 6.23. The smallest absolute Gasteiger partial charge is 0.207 e. The summed E-state index contributed by atoms with van der Waals surface area (Å²) in [4.78, 5) is 0.211. The van der Waals surface area contributed by atoms with Crippen LogP contribution < -0.4 is 0 Å². The van der Waals surface area contributed by atoms with Crippen LogP contribution in [0.25, 0.3) is 0 Å². The summed E-state index contributed by atoms with van der Waals surface area (Å²) >= 11 is 0. The van der Waals surface area contributed by atoms with E-state index in [0.717, 1.165) is 5.56 Å². The SMILES string of the molecule is Cc1ccc(S(=O)(=O)N2CC(=C\C#N)/C(=C/C#N)C2)cc1. The Morgan fingerprint density at radius 3 is 1.95 bits per heavy atom. The molecule has 1 saturated heterocycles. The zero-order chi connectivity index (χ0) is 15.5. The fourth-order valence-corrected chi connectivity index (χ4v) is 3.50. The summed E-state index contributed by atoms with van der Waals surface area (Å²) in [6.45, 7) is 2.10. The van der Waals surface area contributed by atoms with E-state index in [1.54, 1.807) is 24.3 Å². The van der Waals surface area contributed by atoms with E-state index in [0.29, 0.717) is 11.1 Å². The van der Waals surface area contributed by atoms with Crippen molar-refractivity contribution in [3.63, 3.8) is 0 Å². The zero-order valence-corrected chi connectivity index (χ0v) is 12.3. The van der Waals surface area contributed by atoms with E-state index in [-0.39, 0.29) is 18.0 Å². The van der Waals surface area contributed by atoms with Crippen LogP contribution in [0.3, 0.4) is 0 Å². The number of nitrogens with zero attached hydrogens (tertiary/aromatic N) is 3. The lowest BCUT2D eigenvalue weighted by Crippen LogP contribution is -2.28. The van der Waals surface area contributed by atoms with Crippen LogP contribution in [-0.2, 0) is 10.0 Å². The number of aryl methyl sites for hydroxylation is 1. The van der Waals surface area contributed by atoms with Crippen LogP contribution in [0.15, 0.2) is 52.5 Å². The van der Waals surface area contributed by atoms with E-state index < -0.39 is 10.0 Å². The van der Waals surface area contributed by atoms with Crippen LogP contribution in [-0.4, -0.2) is 25.8 Å². The molecule has 0 amide bonds. The average Bonchev–Trinajstić information content (AvgIpc) is 2.84. The van der Waals surface area contributed by atoms with Crippen molar-refractivity contribution in [2.45, 2.75) is 11.8 Å². The maximum Gasteiger partial charge on any atom is 0.243 e. The third-order valence-electron chi connectivity index (χ3n) is 3.24. The first kappa shape index (κ1) is 15.0. The van der Waals surface area contributed by atoms with Crippen molar-refractivity contribution in [3.8, 4) is 12.1 Å². The Bertz CT molecular complexity index is 759. The molecule has 0 aliphatic carbocycles. The minimum Gasteiger partial charge on any atom is -0.207 e. The predicted molar refractivity (Wildman–Crippen MR) is 77.3 cm³/mol. The van der Waals surface area contributed by atoms with Gasteiger partial charge in [-0.15, -0.1) is 0 Å². The van der Waals surface area contributed by atoms with Crippen LogP contribution in [0.5, 0.6) is 0 Å². The summed E-state index contributed by atoms with van der Waals surface area (Å²) < 4.78 is 26.4. The molecule has 0 spiro atoms. The molecular formula is C15H13N3O2S. The highest BCUT2D eigenvalue weighted by atomic mass is 32.2. The number of allylic oxidation sites excluding steroid dienone is 2. The Labute approximate surface area is 124 Å². The molecule has 1 aromatic rings. The predicted octanol–water partition coefficient (Wildman–Crippen LogP) is 1.90. The maximum atomic E-state index is 12.6. The molecule has 1 aromatic carbocycles. The standard InChI is InChI=1S/C15H13N3O2S/c1-12-2-4-15(5-3-12)21(19,20)18-10-13(6-8-16)14(11-18)7-9-17/h2-7H,10-11H2,1H3/b13-6+,14-7+. The molecule has 0 saturated carbocycles. The van der Waals surface area contributed by atoms with Gasteiger partial charge in [0, 0.05) is 25.2 Å². The van der Waals surface area contributed by atoms with Crippen LogP contribution in [0, 0.1) is 29.6 Å². The minimum absolute atomic E-state index is 0.108. The fourth-order valence-electron chi connectivity index (χ4n) is 2.10. The Kier molecular flexibility index (Phi) is 4.23. The topological polar surface area (TPSA) is 85.0 Å². The summed E-state index contributed by atoms with van der Waals surface area (Å²) in [6.07, 6.45) is 2.57. The molecule has 1 fully saturated rings. The Morgan fingerprint density at radius 1 is 1.05 bits per heavy atom. The molecule has 0 bridgehead atoms. The largest absolute Gasteiger partial charge is 0.243 e. The first-order valence-corrected chi connectivity index (χ1v) is 7.67. The maximum absolute atomic E-state index is 12.6. The molecule has 21 heavy (non-hydrogen) atoms. The highest BCUT2D eigenvalue weighted by molar-refractivity contribution is 7.89. The van der Waals surface area contributed by atoms with E-state index in [1.807, 2.05) is 19.1 Å². The van der Waals surface area contributed by atoms with Gasteiger partial charge in [-0.25, -0.2) is 8.42 Å². The lowest BCUT2D eigenvalue weighted by molar-refractivity contribution is 0.489. The molecule has 5 nitrogen and oxygen atoms in total. The molecule has 0 unspecified atom stereocenters. The van der Waals surface area contributed by atoms with Gasteiger partial charge in [0.25, 0.3) is 0 Å². The number of hydrogen-bond acceptors (Lipinski definition) is 4. The van der Waals surface area contributed by atoms with Gasteiger partial charge in [0.05, 0.1) is 17.0 Å². The van der Waals surface area contributed by atoms with E-state index in [2.05, 4.69) is 0 Å². The molecule has 2 rings (SSSR count). The van der Waals surface area contributed by atoms with Gasteiger partial charge in [-0.3, -0.25) is 0 Å². The van der Waals surface area contributed by atoms with Gasteiger partial charge in [0.1, 0.15) is 0 Å². The lowest BCUT2D eigenvalue weighted by atomic mass is 10.1. The van der Waals surface area contributed by atoms with Crippen molar-refractivity contribution >= 4 is 10.0 Å². The molecule has 0 atom stereocenters. The lowest BCUT2D eigenvalue weighted by Gasteiger charge is -2.15. The Balaban J connectivity index is 2.38. The third kappa shape index (κ3) is 3.03. The van der Waals surface area contributed by atoms with E-state index in [9.17, 15) is 8.42 Å². The van der Waals surface area contributed by atoms with Crippen molar-refractivity contribution < 1.29 is 8.42 Å². The van der Waals surface area contributed by atoms with Crippen molar-refractivity contribution in [1.82, 2.24) is 4.31 Å². The number of sulfonamides is 1. The van der Waals surface area contributed by atoms with Gasteiger partial charge in [-0.2, -0.15) is 14.8 Å². The van der Waals surface area contributed by atoms with Gasteiger partial charge < -0.3 is 0 Å². The molecule has 6 heteroatoms. The third-order valence-corrected chi connectivity index (χ3v) is 5.05. The zero-order valence-electron chi connectivity index (χ0n) is 11.4. The van der Waals surface area contributed by atoms with Gasteiger partial charge in [-0.1, -0.05) is 17.7 Å². The summed E-state index contributed by atoms with van der Waals surface area (Å²) in [7, 11) is -3.63. The van der Waals surface area contributed by atoms with Crippen LogP contribution in [0.4, 0.5) is 0 Å². The number of rotatable bonds is 2. The normalized spacial score (nSPS) is 19.6. The molecule has 0 N–H and O–H groups in total. The van der Waals surface area contributed by atoms with Crippen molar-refractivity contribution in [2.75, 3.05) is 13.1 Å². The quantitative estimate of drug-likeness (QED) is 0.781. The Hall–Kier alpha value is -2.41. The summed E-state index contributed by atoms with van der Waals surface area (Å²) in [6, 6.07) is 10.4. The van der Waals surface area contributed by atoms with E-state index in [1.165, 1.54) is 16.5 Å². The van der Waals surface area contributed by atoms with Gasteiger partial charge in [-0.05, 0) is 30.2 Å². The van der Waals surface area contributed by atoms with Crippen LogP contribution in [0.1, 0.15) is 5.56 Å². The monoisotopic (exact) mass is 299 g/mol. The number of benzene rings is 1. The van der Waals surface area contributed by atoms with E-state index >= 15 is 0 Å². The van der Waals surface area contributed by atoms with Crippen LogP contribution in [0.2, 0.25) is 0 Å². The Morgan fingerprint density at radius 2 is 1.52 bits per heavy atom.